The van der Waals surface area contributed by atoms with Crippen LogP contribution < -0.4 is 0 Å². The molecule has 7 heteroatoms. The molecule has 0 unspecified atom stereocenters. The van der Waals surface area contributed by atoms with Crippen LogP contribution in [0.4, 0.5) is 0 Å². The molecule has 0 amide bonds. The van der Waals surface area contributed by atoms with Gasteiger partial charge in [-0.1, -0.05) is 13.0 Å². The standard InChI is InChI=1S/C12H14N4O2S/c1-2-7-16-11(13-14-15-16)9-18-12(17)6-5-10-4-3-8-19-10/h3-6,8H,2,7,9H2,1H3/b6-5+. The molecule has 0 aliphatic heterocycles. The summed E-state index contributed by atoms with van der Waals surface area (Å²) in [5, 5.41) is 13.1. The molecule has 0 saturated carbocycles. The van der Waals surface area contributed by atoms with Gasteiger partial charge in [-0.2, -0.15) is 0 Å². The Balaban J connectivity index is 1.84. The Morgan fingerprint density at radius 2 is 2.47 bits per heavy atom. The first-order valence-corrected chi connectivity index (χ1v) is 6.81. The highest BCUT2D eigenvalue weighted by Crippen LogP contribution is 2.10. The maximum atomic E-state index is 11.5. The third-order valence-corrected chi connectivity index (χ3v) is 3.15. The molecule has 0 fully saturated rings. The number of aromatic nitrogens is 4. The Kier molecular flexibility index (Phi) is 4.79. The van der Waals surface area contributed by atoms with Gasteiger partial charge in [0.25, 0.3) is 0 Å². The number of tetrazole rings is 1. The molecule has 2 aromatic rings. The maximum Gasteiger partial charge on any atom is 0.331 e. The number of aryl methyl sites for hydroxylation is 1. The lowest BCUT2D eigenvalue weighted by atomic mass is 10.4. The van der Waals surface area contributed by atoms with Crippen molar-refractivity contribution in [3.05, 3.63) is 34.3 Å². The molecule has 19 heavy (non-hydrogen) atoms. The number of thiophene rings is 1. The second-order valence-corrected chi connectivity index (χ2v) is 4.75. The van der Waals surface area contributed by atoms with Crippen molar-refractivity contribution in [3.8, 4) is 0 Å². The van der Waals surface area contributed by atoms with Gasteiger partial charge in [0.05, 0.1) is 0 Å². The molecule has 100 valence electrons. The number of ether oxygens (including phenoxy) is 1. The normalized spacial score (nSPS) is 11.0. The van der Waals surface area contributed by atoms with Crippen molar-refractivity contribution in [2.45, 2.75) is 26.5 Å². The molecular weight excluding hydrogens is 264 g/mol. The van der Waals surface area contributed by atoms with E-state index in [1.54, 1.807) is 22.1 Å². The van der Waals surface area contributed by atoms with Gasteiger partial charge in [0.1, 0.15) is 0 Å². The topological polar surface area (TPSA) is 69.9 Å². The van der Waals surface area contributed by atoms with E-state index < -0.39 is 5.97 Å². The molecule has 0 bridgehead atoms. The molecule has 0 spiro atoms. The van der Waals surface area contributed by atoms with Crippen molar-refractivity contribution >= 4 is 23.4 Å². The number of hydrogen-bond acceptors (Lipinski definition) is 6. The quantitative estimate of drug-likeness (QED) is 0.596. The summed E-state index contributed by atoms with van der Waals surface area (Å²) in [7, 11) is 0. The molecule has 0 saturated heterocycles. The van der Waals surface area contributed by atoms with Crippen molar-refractivity contribution < 1.29 is 9.53 Å². The molecule has 0 radical (unpaired) electrons. The van der Waals surface area contributed by atoms with E-state index in [2.05, 4.69) is 15.5 Å². The molecule has 2 heterocycles. The van der Waals surface area contributed by atoms with Gasteiger partial charge < -0.3 is 4.74 Å². The molecule has 6 nitrogen and oxygen atoms in total. The molecule has 0 atom stereocenters. The van der Waals surface area contributed by atoms with Crippen LogP contribution in [0.5, 0.6) is 0 Å². The van der Waals surface area contributed by atoms with Crippen LogP contribution in [0.1, 0.15) is 24.0 Å². The Bertz CT molecular complexity index is 548. The van der Waals surface area contributed by atoms with Gasteiger partial charge in [0.2, 0.25) is 0 Å². The van der Waals surface area contributed by atoms with Gasteiger partial charge in [-0.25, -0.2) is 9.48 Å². The van der Waals surface area contributed by atoms with Crippen molar-refractivity contribution in [2.75, 3.05) is 0 Å². The lowest BCUT2D eigenvalue weighted by Crippen LogP contribution is -2.09. The fourth-order valence-electron chi connectivity index (χ4n) is 1.43. The minimum absolute atomic E-state index is 0.0839. The molecular formula is C12H14N4O2S. The van der Waals surface area contributed by atoms with Crippen LogP contribution in [0, 0.1) is 0 Å². The second-order valence-electron chi connectivity index (χ2n) is 3.77. The fraction of sp³-hybridized carbons (Fsp3) is 0.333. The highest BCUT2D eigenvalue weighted by atomic mass is 32.1. The first-order chi connectivity index (χ1) is 9.29. The van der Waals surface area contributed by atoms with Crippen LogP contribution in [0.15, 0.2) is 23.6 Å². The number of esters is 1. The number of carbonyl (C=O) groups is 1. The zero-order valence-corrected chi connectivity index (χ0v) is 11.3. The zero-order chi connectivity index (χ0) is 13.5. The minimum atomic E-state index is -0.403. The minimum Gasteiger partial charge on any atom is -0.454 e. The Morgan fingerprint density at radius 1 is 1.58 bits per heavy atom. The molecule has 2 rings (SSSR count). The van der Waals surface area contributed by atoms with Crippen LogP contribution in [0.25, 0.3) is 6.08 Å². The van der Waals surface area contributed by atoms with E-state index in [9.17, 15) is 4.79 Å². The van der Waals surface area contributed by atoms with E-state index >= 15 is 0 Å². The van der Waals surface area contributed by atoms with Crippen molar-refractivity contribution in [2.24, 2.45) is 0 Å². The summed E-state index contributed by atoms with van der Waals surface area (Å²) in [6.45, 7) is 2.83. The summed E-state index contributed by atoms with van der Waals surface area (Å²) >= 11 is 1.56. The van der Waals surface area contributed by atoms with Gasteiger partial charge >= 0.3 is 5.97 Å². The van der Waals surface area contributed by atoms with Crippen molar-refractivity contribution in [1.29, 1.82) is 0 Å². The Morgan fingerprint density at radius 3 is 3.21 bits per heavy atom. The van der Waals surface area contributed by atoms with Crippen molar-refractivity contribution in [1.82, 2.24) is 20.2 Å². The average molecular weight is 278 g/mol. The highest BCUT2D eigenvalue weighted by Gasteiger charge is 2.07. The van der Waals surface area contributed by atoms with E-state index in [0.717, 1.165) is 11.3 Å². The smallest absolute Gasteiger partial charge is 0.331 e. The van der Waals surface area contributed by atoms with Crippen molar-refractivity contribution in [3.63, 3.8) is 0 Å². The molecule has 2 aromatic heterocycles. The van der Waals surface area contributed by atoms with Crippen LogP contribution >= 0.6 is 11.3 Å². The second kappa shape index (κ2) is 6.79. The predicted molar refractivity (Wildman–Crippen MR) is 71.3 cm³/mol. The summed E-state index contributed by atoms with van der Waals surface area (Å²) < 4.78 is 6.72. The van der Waals surface area contributed by atoms with Crippen LogP contribution in [-0.4, -0.2) is 26.2 Å². The fourth-order valence-corrected chi connectivity index (χ4v) is 2.05. The average Bonchev–Trinajstić information content (AvgIpc) is 3.06. The summed E-state index contributed by atoms with van der Waals surface area (Å²) in [5.74, 6) is 0.152. The summed E-state index contributed by atoms with van der Waals surface area (Å²) in [4.78, 5) is 12.5. The van der Waals surface area contributed by atoms with Crippen LogP contribution in [0.3, 0.4) is 0 Å². The monoisotopic (exact) mass is 278 g/mol. The zero-order valence-electron chi connectivity index (χ0n) is 10.5. The third-order valence-electron chi connectivity index (χ3n) is 2.31. The largest absolute Gasteiger partial charge is 0.454 e. The van der Waals surface area contributed by atoms with Gasteiger partial charge in [-0.3, -0.25) is 0 Å². The van der Waals surface area contributed by atoms with E-state index in [0.29, 0.717) is 12.4 Å². The summed E-state index contributed by atoms with van der Waals surface area (Å²) in [5.41, 5.74) is 0. The van der Waals surface area contributed by atoms with E-state index in [4.69, 9.17) is 4.74 Å². The lowest BCUT2D eigenvalue weighted by molar-refractivity contribution is -0.139. The highest BCUT2D eigenvalue weighted by molar-refractivity contribution is 7.10. The summed E-state index contributed by atoms with van der Waals surface area (Å²) in [6.07, 6.45) is 4.05. The number of carbonyl (C=O) groups excluding carboxylic acids is 1. The summed E-state index contributed by atoms with van der Waals surface area (Å²) in [6, 6.07) is 3.85. The molecule has 0 aliphatic rings. The van der Waals surface area contributed by atoms with E-state index in [1.807, 2.05) is 24.4 Å². The van der Waals surface area contributed by atoms with E-state index in [-0.39, 0.29) is 6.61 Å². The number of nitrogens with zero attached hydrogens (tertiary/aromatic N) is 4. The lowest BCUT2D eigenvalue weighted by Gasteiger charge is -2.02. The number of rotatable bonds is 6. The third kappa shape index (κ3) is 3.99. The maximum absolute atomic E-state index is 11.5. The Hall–Kier alpha value is -2.02. The number of hydrogen-bond donors (Lipinski definition) is 0. The molecule has 0 aliphatic carbocycles. The molecule has 0 N–H and O–H groups in total. The van der Waals surface area contributed by atoms with Gasteiger partial charge in [0, 0.05) is 17.5 Å². The predicted octanol–water partition coefficient (Wildman–Crippen LogP) is 1.90. The first-order valence-electron chi connectivity index (χ1n) is 5.93. The van der Waals surface area contributed by atoms with Crippen LogP contribution in [0.2, 0.25) is 0 Å². The van der Waals surface area contributed by atoms with E-state index in [1.165, 1.54) is 6.08 Å². The first kappa shape index (κ1) is 13.4. The Labute approximate surface area is 114 Å². The van der Waals surface area contributed by atoms with Gasteiger partial charge in [-0.15, -0.1) is 16.4 Å². The van der Waals surface area contributed by atoms with Crippen LogP contribution in [-0.2, 0) is 22.7 Å². The van der Waals surface area contributed by atoms with Gasteiger partial charge in [0.15, 0.2) is 12.4 Å². The molecule has 0 aromatic carbocycles. The van der Waals surface area contributed by atoms with Gasteiger partial charge in [-0.05, 0) is 34.4 Å². The SMILES string of the molecule is CCCn1nnnc1COC(=O)/C=C/c1cccs1.